The maximum Gasteiger partial charge on any atom is 0.307 e. The average Bonchev–Trinajstić information content (AvgIpc) is 3.65. The molecular formula is C40H61N5O9S. The molecule has 7 atom stereocenters. The molecule has 0 spiro atoms. The predicted molar refractivity (Wildman–Crippen MR) is 209 cm³/mol. The van der Waals surface area contributed by atoms with E-state index in [9.17, 15) is 39.3 Å². The third kappa shape index (κ3) is 13.6. The van der Waals surface area contributed by atoms with Crippen LogP contribution in [0.3, 0.4) is 0 Å². The summed E-state index contributed by atoms with van der Waals surface area (Å²) in [6.07, 6.45) is 3.23. The predicted octanol–water partition coefficient (Wildman–Crippen LogP) is 4.89. The molecule has 5 N–H and O–H groups in total. The molecule has 3 amide bonds. The fourth-order valence-corrected chi connectivity index (χ4v) is 7.59. The van der Waals surface area contributed by atoms with Crippen molar-refractivity contribution in [1.82, 2.24) is 25.4 Å². The van der Waals surface area contributed by atoms with Crippen LogP contribution in [0.4, 0.5) is 0 Å². The minimum atomic E-state index is -1.20. The number of aliphatic carboxylic acids is 1. The fourth-order valence-electron chi connectivity index (χ4n) is 6.79. The number of amides is 3. The first-order valence-corrected chi connectivity index (χ1v) is 20.4. The molecule has 0 bridgehead atoms. The maximum absolute atomic E-state index is 14.5. The van der Waals surface area contributed by atoms with E-state index in [0.29, 0.717) is 25.7 Å². The number of benzene rings is 1. The topological polar surface area (TPSA) is 199 Å². The van der Waals surface area contributed by atoms with Crippen LogP contribution in [0, 0.1) is 17.8 Å². The van der Waals surface area contributed by atoms with Gasteiger partial charge >= 0.3 is 11.9 Å². The first-order chi connectivity index (χ1) is 26.1. The summed E-state index contributed by atoms with van der Waals surface area (Å²) >= 11 is 1.08. The molecule has 1 unspecified atom stereocenters. The van der Waals surface area contributed by atoms with Gasteiger partial charge in [0.2, 0.25) is 11.8 Å². The minimum Gasteiger partial charge on any atom is -0.508 e. The van der Waals surface area contributed by atoms with Crippen LogP contribution in [0.2, 0.25) is 0 Å². The summed E-state index contributed by atoms with van der Waals surface area (Å²) in [4.78, 5) is 73.7. The van der Waals surface area contributed by atoms with Crippen LogP contribution < -0.4 is 10.6 Å². The molecule has 0 saturated carbocycles. The summed E-state index contributed by atoms with van der Waals surface area (Å²) < 4.78 is 5.60. The molecule has 2 heterocycles. The Morgan fingerprint density at radius 1 is 1.04 bits per heavy atom. The Morgan fingerprint density at radius 3 is 2.33 bits per heavy atom. The summed E-state index contributed by atoms with van der Waals surface area (Å²) in [6, 6.07) is 3.99. The molecule has 306 valence electrons. The second kappa shape index (κ2) is 21.9. The summed E-state index contributed by atoms with van der Waals surface area (Å²) in [5.41, 5.74) is 0.846. The van der Waals surface area contributed by atoms with Crippen LogP contribution in [0.5, 0.6) is 5.75 Å². The maximum atomic E-state index is 14.5. The van der Waals surface area contributed by atoms with E-state index >= 15 is 0 Å². The highest BCUT2D eigenvalue weighted by atomic mass is 32.1. The number of carbonyl (C=O) groups is 5. The lowest BCUT2D eigenvalue weighted by Crippen LogP contribution is -2.59. The molecular weight excluding hydrogens is 727 g/mol. The number of rotatable bonds is 21. The van der Waals surface area contributed by atoms with Gasteiger partial charge in [-0.1, -0.05) is 66.5 Å². The highest BCUT2D eigenvalue weighted by Crippen LogP contribution is 2.29. The number of likely N-dealkylation sites (tertiary alicyclic amines) is 1. The van der Waals surface area contributed by atoms with E-state index in [1.54, 1.807) is 19.1 Å². The summed E-state index contributed by atoms with van der Waals surface area (Å²) in [7, 11) is 1.91. The number of hydrogen-bond acceptors (Lipinski definition) is 11. The van der Waals surface area contributed by atoms with E-state index in [4.69, 9.17) is 4.74 Å². The number of piperidine rings is 1. The summed E-state index contributed by atoms with van der Waals surface area (Å²) in [6.45, 7) is 11.5. The van der Waals surface area contributed by atoms with Gasteiger partial charge in [0.1, 0.15) is 28.6 Å². The Morgan fingerprint density at radius 2 is 1.73 bits per heavy atom. The number of carbonyl (C=O) groups excluding carboxylic acids is 4. The van der Waals surface area contributed by atoms with Gasteiger partial charge in [0, 0.05) is 30.3 Å². The highest BCUT2D eigenvalue weighted by Gasteiger charge is 2.38. The number of aromatic nitrogens is 1. The van der Waals surface area contributed by atoms with Gasteiger partial charge in [-0.05, 0) is 75.2 Å². The van der Waals surface area contributed by atoms with Gasteiger partial charge in [0.05, 0.1) is 12.0 Å². The molecule has 0 radical (unpaired) electrons. The zero-order chi connectivity index (χ0) is 40.8. The second-order valence-electron chi connectivity index (χ2n) is 15.2. The van der Waals surface area contributed by atoms with Crippen LogP contribution in [0.15, 0.2) is 29.6 Å². The average molecular weight is 788 g/mol. The van der Waals surface area contributed by atoms with E-state index < -0.39 is 53.9 Å². The molecule has 14 nitrogen and oxygen atoms in total. The molecule has 1 saturated heterocycles. The number of aliphatic hydroxyl groups is 1. The number of nitrogens with zero attached hydrogens (tertiary/aromatic N) is 3. The van der Waals surface area contributed by atoms with Gasteiger partial charge in [0.15, 0.2) is 6.73 Å². The first kappa shape index (κ1) is 45.3. The molecule has 15 heteroatoms. The number of likely N-dealkylation sites (N-methyl/N-ethyl adjacent to an activating group) is 1. The Kier molecular flexibility index (Phi) is 18.0. The lowest BCUT2D eigenvalue weighted by Gasteiger charge is -2.39. The lowest BCUT2D eigenvalue weighted by atomic mass is 9.92. The number of phenolic OH excluding ortho intramolecular Hbond substituents is 1. The van der Waals surface area contributed by atoms with Crippen molar-refractivity contribution in [3.05, 3.63) is 45.9 Å². The molecule has 1 fully saturated rings. The number of ether oxygens (including phenoxy) is 1. The number of esters is 1. The number of carboxylic acid groups (broad SMARTS) is 1. The van der Waals surface area contributed by atoms with Crippen molar-refractivity contribution in [3.8, 4) is 5.75 Å². The normalized spacial score (nSPS) is 18.0. The SMILES string of the molecule is CCCC(=O)OCN(C(=O)[C@@H](NC(=O)[C@H]1CCCCN1C)C(C)CC)[C@H](C[C@@H](O)c1nc(C(=O)N[C@@H](Cc2ccc(O)cc2)C[C@H](C)C(=O)O)cs1)C(C)C. The molecule has 1 aliphatic heterocycles. The van der Waals surface area contributed by atoms with Crippen molar-refractivity contribution in [2.75, 3.05) is 20.3 Å². The number of aromatic hydroxyl groups is 1. The quantitative estimate of drug-likeness (QED) is 0.0853. The number of phenols is 1. The third-order valence-corrected chi connectivity index (χ3v) is 11.4. The van der Waals surface area contributed by atoms with E-state index in [1.165, 1.54) is 22.4 Å². The molecule has 3 rings (SSSR count). The number of thiazole rings is 1. The molecule has 2 aromatic rings. The van der Waals surface area contributed by atoms with Gasteiger partial charge in [0.25, 0.3) is 5.91 Å². The van der Waals surface area contributed by atoms with Gasteiger partial charge in [-0.15, -0.1) is 11.3 Å². The molecule has 1 aliphatic rings. The standard InChI is InChI=1S/C40H61N5O9S/c1-8-12-34(48)54-23-45(39(51)35(25(5)9-2)43-37(50)31-13-10-11-18-44(31)7)32(24(3)4)21-33(47)38-42-30(22-55-38)36(49)41-28(19-26(6)40(52)53)20-27-14-16-29(46)17-15-27/h14-17,22,24-26,28,31-33,35,46-47H,8-13,18-21,23H2,1-7H3,(H,41,49)(H,43,50)(H,52,53)/t25?,26-,28+,31+,32+,33+,35-/m0/s1. The largest absolute Gasteiger partial charge is 0.508 e. The zero-order valence-electron chi connectivity index (χ0n) is 33.3. The Balaban J connectivity index is 1.85. The van der Waals surface area contributed by atoms with Crippen molar-refractivity contribution >= 4 is 41.0 Å². The van der Waals surface area contributed by atoms with Crippen molar-refractivity contribution in [1.29, 1.82) is 0 Å². The number of nitrogens with one attached hydrogen (secondary N) is 2. The van der Waals surface area contributed by atoms with Crippen molar-refractivity contribution < 1.29 is 44.0 Å². The molecule has 1 aromatic carbocycles. The zero-order valence-corrected chi connectivity index (χ0v) is 34.1. The first-order valence-electron chi connectivity index (χ1n) is 19.5. The van der Waals surface area contributed by atoms with Gasteiger partial charge in [-0.2, -0.15) is 0 Å². The number of aliphatic hydroxyl groups excluding tert-OH is 1. The lowest BCUT2D eigenvalue weighted by molar-refractivity contribution is -0.159. The Hall–Kier alpha value is -4.08. The highest BCUT2D eigenvalue weighted by molar-refractivity contribution is 7.09. The third-order valence-electron chi connectivity index (χ3n) is 10.4. The van der Waals surface area contributed by atoms with Crippen LogP contribution in [-0.4, -0.2) is 104 Å². The molecule has 55 heavy (non-hydrogen) atoms. The van der Waals surface area contributed by atoms with Crippen LogP contribution in [0.25, 0.3) is 0 Å². The van der Waals surface area contributed by atoms with Crippen molar-refractivity contribution in [2.45, 2.75) is 130 Å². The second-order valence-corrected chi connectivity index (χ2v) is 16.1. The van der Waals surface area contributed by atoms with E-state index in [2.05, 4.69) is 15.6 Å². The monoisotopic (exact) mass is 787 g/mol. The van der Waals surface area contributed by atoms with Crippen molar-refractivity contribution in [3.63, 3.8) is 0 Å². The van der Waals surface area contributed by atoms with E-state index in [-0.39, 0.29) is 66.2 Å². The Labute approximate surface area is 329 Å². The van der Waals surface area contributed by atoms with E-state index in [0.717, 1.165) is 36.3 Å². The smallest absolute Gasteiger partial charge is 0.307 e. The Bertz CT molecular complexity index is 1570. The minimum absolute atomic E-state index is 0.00937. The van der Waals surface area contributed by atoms with Crippen molar-refractivity contribution in [2.24, 2.45) is 17.8 Å². The summed E-state index contributed by atoms with van der Waals surface area (Å²) in [5.74, 6) is -3.74. The summed E-state index contributed by atoms with van der Waals surface area (Å²) in [5, 5.41) is 38.4. The number of hydrogen-bond donors (Lipinski definition) is 5. The van der Waals surface area contributed by atoms with E-state index in [1.807, 2.05) is 46.6 Å². The van der Waals surface area contributed by atoms with Crippen LogP contribution >= 0.6 is 11.3 Å². The fraction of sp³-hybridized carbons (Fsp3) is 0.650. The molecule has 0 aliphatic carbocycles. The molecule has 1 aromatic heterocycles. The number of carboxylic acids is 1. The van der Waals surface area contributed by atoms with Crippen LogP contribution in [0.1, 0.15) is 120 Å². The van der Waals surface area contributed by atoms with Gasteiger partial charge < -0.3 is 35.6 Å². The van der Waals surface area contributed by atoms with Gasteiger partial charge in [-0.3, -0.25) is 28.9 Å². The van der Waals surface area contributed by atoms with Gasteiger partial charge in [-0.25, -0.2) is 4.98 Å². The van der Waals surface area contributed by atoms with Crippen LogP contribution in [-0.2, 0) is 30.3 Å².